The van der Waals surface area contributed by atoms with Crippen LogP contribution in [0.5, 0.6) is 0 Å². The van der Waals surface area contributed by atoms with Crippen molar-refractivity contribution in [2.45, 2.75) is 39.7 Å². The number of nitrogens with zero attached hydrogens (tertiary/aromatic N) is 3. The van der Waals surface area contributed by atoms with Gasteiger partial charge in [-0.15, -0.1) is 0 Å². The summed E-state index contributed by atoms with van der Waals surface area (Å²) in [6.45, 7) is 7.35. The van der Waals surface area contributed by atoms with Gasteiger partial charge in [-0.05, 0) is 66.4 Å². The number of ketones is 1. The van der Waals surface area contributed by atoms with E-state index >= 15 is 0 Å². The maximum Gasteiger partial charge on any atom is 0.279 e. The number of fused-ring (bicyclic) bond motifs is 1. The second-order valence-electron chi connectivity index (χ2n) is 10.7. The van der Waals surface area contributed by atoms with Crippen molar-refractivity contribution in [2.24, 2.45) is 0 Å². The summed E-state index contributed by atoms with van der Waals surface area (Å²) in [7, 11) is 0. The summed E-state index contributed by atoms with van der Waals surface area (Å²) in [6.07, 6.45) is 3.01. The highest BCUT2D eigenvalue weighted by Crippen LogP contribution is 2.27. The standard InChI is InChI=1S/C31H30N6O4/c1-18(39)19-8-11-22(12-9-19)34-28-24(16-32-36-28)29(40)35-26-6-5-7-27(25(26)17-38)37-30(41)23-13-10-21(31(2,3)4)14-20(23)15-33-37/h5-16,38H,17H2,1-4H3,(H,35,40)(H2,32,34,36). The molecule has 2 aromatic heterocycles. The molecule has 208 valence electrons. The van der Waals surface area contributed by atoms with E-state index in [0.29, 0.717) is 39.4 Å². The van der Waals surface area contributed by atoms with E-state index in [1.165, 1.54) is 17.8 Å². The molecule has 0 atom stereocenters. The zero-order valence-electron chi connectivity index (χ0n) is 23.1. The second kappa shape index (κ2) is 10.8. The fraction of sp³-hybridized carbons (Fsp3) is 0.194. The first-order chi connectivity index (χ1) is 19.6. The molecule has 0 radical (unpaired) electrons. The Balaban J connectivity index is 1.44. The first kappa shape index (κ1) is 27.5. The molecule has 1 amide bonds. The Morgan fingerprint density at radius 3 is 2.46 bits per heavy atom. The summed E-state index contributed by atoms with van der Waals surface area (Å²) < 4.78 is 1.23. The Bertz CT molecular complexity index is 1830. The molecule has 10 nitrogen and oxygen atoms in total. The average Bonchev–Trinajstić information content (AvgIpc) is 3.41. The van der Waals surface area contributed by atoms with Crippen LogP contribution in [0.2, 0.25) is 0 Å². The molecule has 0 saturated heterocycles. The molecule has 0 aliphatic heterocycles. The van der Waals surface area contributed by atoms with Crippen molar-refractivity contribution in [1.82, 2.24) is 20.0 Å². The van der Waals surface area contributed by atoms with Crippen LogP contribution in [0.25, 0.3) is 16.5 Å². The topological polar surface area (TPSA) is 142 Å². The van der Waals surface area contributed by atoms with Crippen molar-refractivity contribution >= 4 is 39.7 Å². The minimum atomic E-state index is -0.484. The van der Waals surface area contributed by atoms with Crippen LogP contribution in [-0.2, 0) is 12.0 Å². The zero-order chi connectivity index (χ0) is 29.3. The number of amides is 1. The molecule has 0 bridgehead atoms. The summed E-state index contributed by atoms with van der Waals surface area (Å²) in [4.78, 5) is 38.3. The number of aromatic nitrogens is 4. The number of H-pyrrole nitrogens is 1. The third-order valence-corrected chi connectivity index (χ3v) is 6.88. The lowest BCUT2D eigenvalue weighted by molar-refractivity contribution is 0.101. The van der Waals surface area contributed by atoms with Crippen LogP contribution in [0.4, 0.5) is 17.2 Å². The number of aliphatic hydroxyl groups is 1. The highest BCUT2D eigenvalue weighted by molar-refractivity contribution is 6.08. The predicted octanol–water partition coefficient (Wildman–Crippen LogP) is 5.10. The van der Waals surface area contributed by atoms with Crippen molar-refractivity contribution in [3.63, 3.8) is 0 Å². The normalized spacial score (nSPS) is 11.4. The Hall–Kier alpha value is -5.09. The van der Waals surface area contributed by atoms with Crippen LogP contribution in [0.1, 0.15) is 59.5 Å². The van der Waals surface area contributed by atoms with Crippen molar-refractivity contribution in [2.75, 3.05) is 10.6 Å². The predicted molar refractivity (Wildman–Crippen MR) is 158 cm³/mol. The molecule has 0 aliphatic carbocycles. The van der Waals surface area contributed by atoms with Gasteiger partial charge in [0.2, 0.25) is 0 Å². The van der Waals surface area contributed by atoms with Crippen molar-refractivity contribution in [3.05, 3.63) is 106 Å². The lowest BCUT2D eigenvalue weighted by atomic mass is 9.86. The van der Waals surface area contributed by atoms with Crippen LogP contribution < -0.4 is 16.2 Å². The number of Topliss-reactive ketones (excluding diaryl/α,β-unsaturated/α-hetero) is 1. The Labute approximate surface area is 236 Å². The number of hydrogen-bond donors (Lipinski definition) is 4. The van der Waals surface area contributed by atoms with E-state index in [1.54, 1.807) is 54.7 Å². The van der Waals surface area contributed by atoms with E-state index in [4.69, 9.17) is 0 Å². The van der Waals surface area contributed by atoms with Crippen molar-refractivity contribution < 1.29 is 14.7 Å². The SMILES string of the molecule is CC(=O)c1ccc(Nc2[nH]ncc2C(=O)Nc2cccc(-n3ncc4cc(C(C)(C)C)ccc4c3=O)c2CO)cc1. The Kier molecular flexibility index (Phi) is 7.25. The molecule has 2 heterocycles. The number of nitrogens with one attached hydrogen (secondary N) is 3. The minimum absolute atomic E-state index is 0.0455. The van der Waals surface area contributed by atoms with Crippen LogP contribution in [0, 0.1) is 0 Å². The van der Waals surface area contributed by atoms with Gasteiger partial charge in [0.25, 0.3) is 11.5 Å². The molecule has 5 rings (SSSR count). The largest absolute Gasteiger partial charge is 0.392 e. The summed E-state index contributed by atoms with van der Waals surface area (Å²) in [5.41, 5.74) is 3.14. The van der Waals surface area contributed by atoms with Crippen LogP contribution >= 0.6 is 0 Å². The number of rotatable bonds is 7. The smallest absolute Gasteiger partial charge is 0.279 e. The number of aromatic amines is 1. The van der Waals surface area contributed by atoms with Crippen LogP contribution in [0.3, 0.4) is 0 Å². The molecular weight excluding hydrogens is 520 g/mol. The number of hydrogen-bond acceptors (Lipinski definition) is 7. The fourth-order valence-corrected chi connectivity index (χ4v) is 4.52. The average molecular weight is 551 g/mol. The van der Waals surface area contributed by atoms with Gasteiger partial charge in [-0.25, -0.2) is 0 Å². The van der Waals surface area contributed by atoms with E-state index in [1.807, 2.05) is 12.1 Å². The van der Waals surface area contributed by atoms with Gasteiger partial charge >= 0.3 is 0 Å². The highest BCUT2D eigenvalue weighted by atomic mass is 16.3. The third-order valence-electron chi connectivity index (χ3n) is 6.88. The maximum absolute atomic E-state index is 13.4. The van der Waals surface area contributed by atoms with Gasteiger partial charge in [0, 0.05) is 27.9 Å². The molecular formula is C31H30N6O4. The number of carbonyl (C=O) groups excluding carboxylic acids is 2. The first-order valence-electron chi connectivity index (χ1n) is 13.1. The number of aliphatic hydroxyl groups excluding tert-OH is 1. The van der Waals surface area contributed by atoms with Gasteiger partial charge in [-0.3, -0.25) is 19.5 Å². The highest BCUT2D eigenvalue weighted by Gasteiger charge is 2.20. The van der Waals surface area contributed by atoms with Crippen LogP contribution in [0.15, 0.2) is 77.9 Å². The zero-order valence-corrected chi connectivity index (χ0v) is 23.1. The summed E-state index contributed by atoms with van der Waals surface area (Å²) in [5, 5.41) is 28.6. The molecule has 10 heteroatoms. The van der Waals surface area contributed by atoms with E-state index < -0.39 is 12.5 Å². The maximum atomic E-state index is 13.4. The van der Waals surface area contributed by atoms with Crippen LogP contribution in [-0.4, -0.2) is 36.8 Å². The summed E-state index contributed by atoms with van der Waals surface area (Å²) in [5.74, 6) is -0.181. The quantitative estimate of drug-likeness (QED) is 0.207. The number of anilines is 3. The summed E-state index contributed by atoms with van der Waals surface area (Å²) >= 11 is 0. The second-order valence-corrected chi connectivity index (χ2v) is 10.7. The molecule has 0 unspecified atom stereocenters. The molecule has 0 saturated carbocycles. The molecule has 3 aromatic carbocycles. The van der Waals surface area contributed by atoms with Gasteiger partial charge in [0.15, 0.2) is 5.78 Å². The van der Waals surface area contributed by atoms with E-state index in [0.717, 1.165) is 10.9 Å². The monoisotopic (exact) mass is 550 g/mol. The molecule has 0 fully saturated rings. The van der Waals surface area contributed by atoms with E-state index in [2.05, 4.69) is 46.7 Å². The lowest BCUT2D eigenvalue weighted by Gasteiger charge is -2.19. The van der Waals surface area contributed by atoms with Gasteiger partial charge in [0.05, 0.1) is 30.1 Å². The van der Waals surface area contributed by atoms with E-state index in [9.17, 15) is 19.5 Å². The van der Waals surface area contributed by atoms with Gasteiger partial charge in [-0.1, -0.05) is 32.9 Å². The molecule has 41 heavy (non-hydrogen) atoms. The van der Waals surface area contributed by atoms with Crippen molar-refractivity contribution in [3.8, 4) is 5.69 Å². The van der Waals surface area contributed by atoms with Crippen molar-refractivity contribution in [1.29, 1.82) is 0 Å². The lowest BCUT2D eigenvalue weighted by Crippen LogP contribution is -2.23. The van der Waals surface area contributed by atoms with Gasteiger partial charge in [0.1, 0.15) is 11.4 Å². The number of benzene rings is 3. The Morgan fingerprint density at radius 2 is 1.78 bits per heavy atom. The molecule has 0 aliphatic rings. The molecule has 0 spiro atoms. The Morgan fingerprint density at radius 1 is 1.02 bits per heavy atom. The molecule has 4 N–H and O–H groups in total. The fourth-order valence-electron chi connectivity index (χ4n) is 4.52. The van der Waals surface area contributed by atoms with Gasteiger partial charge < -0.3 is 15.7 Å². The third kappa shape index (κ3) is 5.50. The minimum Gasteiger partial charge on any atom is -0.392 e. The number of carbonyl (C=O) groups is 2. The van der Waals surface area contributed by atoms with E-state index in [-0.39, 0.29) is 22.3 Å². The molecule has 5 aromatic rings. The van der Waals surface area contributed by atoms with Gasteiger partial charge in [-0.2, -0.15) is 14.9 Å². The first-order valence-corrected chi connectivity index (χ1v) is 13.1. The summed E-state index contributed by atoms with van der Waals surface area (Å²) in [6, 6.07) is 17.5.